The molecule has 0 fully saturated rings. The molecule has 1 aliphatic heterocycles. The van der Waals surface area contributed by atoms with E-state index in [-0.39, 0.29) is 17.6 Å². The van der Waals surface area contributed by atoms with Gasteiger partial charge in [-0.3, -0.25) is 4.79 Å². The van der Waals surface area contributed by atoms with Crippen molar-refractivity contribution in [3.05, 3.63) is 53.1 Å². The molecule has 5 heteroatoms. The third-order valence-corrected chi connectivity index (χ3v) is 5.41. The van der Waals surface area contributed by atoms with E-state index in [1.165, 1.54) is 5.56 Å². The van der Waals surface area contributed by atoms with Gasteiger partial charge in [0.2, 0.25) is 0 Å². The lowest BCUT2D eigenvalue weighted by atomic mass is 9.89. The molecule has 0 spiro atoms. The summed E-state index contributed by atoms with van der Waals surface area (Å²) in [7, 11) is 1.63. The van der Waals surface area contributed by atoms with Crippen LogP contribution in [0.5, 0.6) is 17.2 Å². The van der Waals surface area contributed by atoms with Crippen molar-refractivity contribution in [1.29, 1.82) is 0 Å². The highest BCUT2D eigenvalue weighted by atomic mass is 16.5. The minimum atomic E-state index is -0.558. The lowest BCUT2D eigenvalue weighted by Gasteiger charge is -2.38. The molecule has 0 saturated heterocycles. The molecular formula is C24H31NO4. The van der Waals surface area contributed by atoms with Crippen molar-refractivity contribution in [2.75, 3.05) is 7.11 Å². The van der Waals surface area contributed by atoms with Gasteiger partial charge < -0.3 is 19.5 Å². The number of benzene rings is 2. The maximum absolute atomic E-state index is 13.1. The van der Waals surface area contributed by atoms with Gasteiger partial charge in [-0.05, 0) is 75.6 Å². The van der Waals surface area contributed by atoms with E-state index in [2.05, 4.69) is 12.2 Å². The molecule has 1 amide bonds. The number of rotatable bonds is 6. The number of amides is 1. The van der Waals surface area contributed by atoms with Crippen molar-refractivity contribution in [1.82, 2.24) is 5.32 Å². The zero-order chi connectivity index (χ0) is 21.2. The van der Waals surface area contributed by atoms with E-state index in [0.717, 1.165) is 22.6 Å². The second-order valence-electron chi connectivity index (χ2n) is 8.29. The van der Waals surface area contributed by atoms with Gasteiger partial charge in [0.25, 0.3) is 5.91 Å². The molecule has 0 aliphatic carbocycles. The molecule has 2 atom stereocenters. The van der Waals surface area contributed by atoms with E-state index in [4.69, 9.17) is 14.2 Å². The number of carbonyl (C=O) groups excluding carboxylic acids is 1. The highest BCUT2D eigenvalue weighted by molar-refractivity contribution is 5.81. The van der Waals surface area contributed by atoms with E-state index in [1.54, 1.807) is 7.11 Å². The van der Waals surface area contributed by atoms with E-state index in [0.29, 0.717) is 18.6 Å². The van der Waals surface area contributed by atoms with Crippen LogP contribution in [0.15, 0.2) is 36.4 Å². The number of aryl methyl sites for hydroxylation is 2. The van der Waals surface area contributed by atoms with Gasteiger partial charge in [0.05, 0.1) is 13.2 Å². The summed E-state index contributed by atoms with van der Waals surface area (Å²) in [5.74, 6) is 2.10. The van der Waals surface area contributed by atoms with Gasteiger partial charge in [-0.2, -0.15) is 0 Å². The molecule has 0 saturated carbocycles. The minimum absolute atomic E-state index is 0.123. The average molecular weight is 398 g/mol. The number of carbonyl (C=O) groups is 1. The van der Waals surface area contributed by atoms with Crippen molar-refractivity contribution < 1.29 is 19.0 Å². The number of hydrogen-bond acceptors (Lipinski definition) is 4. The summed E-state index contributed by atoms with van der Waals surface area (Å²) >= 11 is 0. The van der Waals surface area contributed by atoms with E-state index in [1.807, 2.05) is 64.1 Å². The van der Waals surface area contributed by atoms with Crippen molar-refractivity contribution >= 4 is 5.91 Å². The molecule has 3 rings (SSSR count). The predicted octanol–water partition coefficient (Wildman–Crippen LogP) is 4.89. The fourth-order valence-electron chi connectivity index (χ4n) is 3.63. The number of methoxy groups -OCH3 is 1. The molecule has 0 bridgehead atoms. The molecule has 2 unspecified atom stereocenters. The lowest BCUT2D eigenvalue weighted by Crippen LogP contribution is -2.45. The minimum Gasteiger partial charge on any atom is -0.497 e. The van der Waals surface area contributed by atoms with Gasteiger partial charge in [-0.1, -0.05) is 13.0 Å². The van der Waals surface area contributed by atoms with Crippen LogP contribution >= 0.6 is 0 Å². The van der Waals surface area contributed by atoms with Crippen LogP contribution in [0.2, 0.25) is 0 Å². The molecule has 2 aromatic rings. The fourth-order valence-corrected chi connectivity index (χ4v) is 3.63. The Hall–Kier alpha value is -2.69. The van der Waals surface area contributed by atoms with E-state index >= 15 is 0 Å². The van der Waals surface area contributed by atoms with Crippen LogP contribution in [0.1, 0.15) is 56.3 Å². The molecule has 29 heavy (non-hydrogen) atoms. The monoisotopic (exact) mass is 397 g/mol. The maximum atomic E-state index is 13.1. The lowest BCUT2D eigenvalue weighted by molar-refractivity contribution is -0.129. The predicted molar refractivity (Wildman–Crippen MR) is 114 cm³/mol. The van der Waals surface area contributed by atoms with Crippen molar-refractivity contribution in [2.24, 2.45) is 0 Å². The molecule has 1 N–H and O–H groups in total. The van der Waals surface area contributed by atoms with Crippen molar-refractivity contribution in [3.8, 4) is 17.2 Å². The number of fused-ring (bicyclic) bond motifs is 1. The average Bonchev–Trinajstić information content (AvgIpc) is 2.67. The molecule has 0 radical (unpaired) electrons. The summed E-state index contributed by atoms with van der Waals surface area (Å²) in [5.41, 5.74) is 2.89. The number of ether oxygens (including phenoxy) is 3. The molecule has 2 aromatic carbocycles. The highest BCUT2D eigenvalue weighted by Crippen LogP contribution is 2.41. The van der Waals surface area contributed by atoms with Gasteiger partial charge in [-0.25, -0.2) is 0 Å². The number of hydrogen-bond donors (Lipinski definition) is 1. The van der Waals surface area contributed by atoms with Gasteiger partial charge in [0.1, 0.15) is 22.8 Å². The SMILES string of the molecule is CCC(Oc1ccc(C)c(C)c1)C(=O)NC1CC(C)(C)Oc2ccc(OC)cc21. The largest absolute Gasteiger partial charge is 0.497 e. The van der Waals surface area contributed by atoms with Gasteiger partial charge in [-0.15, -0.1) is 0 Å². The van der Waals surface area contributed by atoms with Crippen LogP contribution in [0.25, 0.3) is 0 Å². The Kier molecular flexibility index (Phi) is 6.06. The van der Waals surface area contributed by atoms with Crippen molar-refractivity contribution in [2.45, 2.75) is 65.2 Å². The van der Waals surface area contributed by atoms with Crippen LogP contribution in [0.4, 0.5) is 0 Å². The molecule has 156 valence electrons. The quantitative estimate of drug-likeness (QED) is 0.754. The standard InChI is InChI=1S/C24H31NO4/c1-7-21(28-18-9-8-15(2)16(3)12-18)23(26)25-20-14-24(4,5)29-22-11-10-17(27-6)13-19(20)22/h8-13,20-21H,7,14H2,1-6H3,(H,25,26). The summed E-state index contributed by atoms with van der Waals surface area (Å²) in [6.45, 7) is 10.1. The Morgan fingerprint density at radius 2 is 1.90 bits per heavy atom. The zero-order valence-electron chi connectivity index (χ0n) is 18.2. The Balaban J connectivity index is 1.80. The topological polar surface area (TPSA) is 56.8 Å². The summed E-state index contributed by atoms with van der Waals surface area (Å²) in [6, 6.07) is 11.4. The molecule has 0 aromatic heterocycles. The van der Waals surface area contributed by atoms with Crippen molar-refractivity contribution in [3.63, 3.8) is 0 Å². The first kappa shape index (κ1) is 21.0. The normalized spacial score (nSPS) is 18.2. The second kappa shape index (κ2) is 8.36. The van der Waals surface area contributed by atoms with Crippen LogP contribution in [0.3, 0.4) is 0 Å². The Morgan fingerprint density at radius 1 is 1.17 bits per heavy atom. The van der Waals surface area contributed by atoms with Gasteiger partial charge >= 0.3 is 0 Å². The van der Waals surface area contributed by atoms with E-state index in [9.17, 15) is 4.79 Å². The molecular weight excluding hydrogens is 366 g/mol. The summed E-state index contributed by atoms with van der Waals surface area (Å²) in [5, 5.41) is 3.18. The fraction of sp³-hybridized carbons (Fsp3) is 0.458. The highest BCUT2D eigenvalue weighted by Gasteiger charge is 2.36. The number of nitrogens with one attached hydrogen (secondary N) is 1. The van der Waals surface area contributed by atoms with Gasteiger partial charge in [0.15, 0.2) is 6.10 Å². The smallest absolute Gasteiger partial charge is 0.261 e. The Bertz CT molecular complexity index is 890. The first-order chi connectivity index (χ1) is 13.7. The molecule has 5 nitrogen and oxygen atoms in total. The Labute approximate surface area is 173 Å². The third kappa shape index (κ3) is 4.84. The molecule has 1 heterocycles. The summed E-state index contributed by atoms with van der Waals surface area (Å²) < 4.78 is 17.5. The summed E-state index contributed by atoms with van der Waals surface area (Å²) in [6.07, 6.45) is 0.687. The van der Waals surface area contributed by atoms with Crippen LogP contribution in [-0.4, -0.2) is 24.7 Å². The maximum Gasteiger partial charge on any atom is 0.261 e. The second-order valence-corrected chi connectivity index (χ2v) is 8.29. The van der Waals surface area contributed by atoms with Crippen LogP contribution < -0.4 is 19.5 Å². The first-order valence-corrected chi connectivity index (χ1v) is 10.1. The third-order valence-electron chi connectivity index (χ3n) is 5.41. The van der Waals surface area contributed by atoms with Crippen LogP contribution in [0, 0.1) is 13.8 Å². The summed E-state index contributed by atoms with van der Waals surface area (Å²) in [4.78, 5) is 13.1. The van der Waals surface area contributed by atoms with Crippen LogP contribution in [-0.2, 0) is 4.79 Å². The molecule has 1 aliphatic rings. The Morgan fingerprint density at radius 3 is 2.55 bits per heavy atom. The zero-order valence-corrected chi connectivity index (χ0v) is 18.2. The first-order valence-electron chi connectivity index (χ1n) is 10.1. The van der Waals surface area contributed by atoms with Gasteiger partial charge in [0, 0.05) is 12.0 Å². The van der Waals surface area contributed by atoms with E-state index < -0.39 is 6.10 Å².